The van der Waals surface area contributed by atoms with Crippen LogP contribution in [0.5, 0.6) is 0 Å². The highest BCUT2D eigenvalue weighted by molar-refractivity contribution is 7.97. The van der Waals surface area contributed by atoms with Crippen molar-refractivity contribution in [3.63, 3.8) is 0 Å². The Kier molecular flexibility index (Phi) is 3.05. The van der Waals surface area contributed by atoms with E-state index in [1.807, 2.05) is 0 Å². The molecular formula is C8H17NS. The molecule has 1 fully saturated rings. The SMILES string of the molecule is CCC1(CSN)CCCC1. The quantitative estimate of drug-likeness (QED) is 0.640. The Labute approximate surface area is 67.9 Å². The molecule has 1 rings (SSSR count). The van der Waals surface area contributed by atoms with Gasteiger partial charge in [0.2, 0.25) is 0 Å². The van der Waals surface area contributed by atoms with E-state index in [2.05, 4.69) is 6.92 Å². The number of rotatable bonds is 3. The van der Waals surface area contributed by atoms with Crippen LogP contribution in [0, 0.1) is 5.41 Å². The minimum atomic E-state index is 0.624. The summed E-state index contributed by atoms with van der Waals surface area (Å²) in [6, 6.07) is 0. The molecule has 0 aromatic carbocycles. The highest BCUT2D eigenvalue weighted by Crippen LogP contribution is 2.42. The molecule has 1 nitrogen and oxygen atoms in total. The van der Waals surface area contributed by atoms with Crippen LogP contribution in [0.15, 0.2) is 0 Å². The molecule has 2 N–H and O–H groups in total. The van der Waals surface area contributed by atoms with Gasteiger partial charge >= 0.3 is 0 Å². The van der Waals surface area contributed by atoms with Gasteiger partial charge in [-0.25, -0.2) is 0 Å². The van der Waals surface area contributed by atoms with E-state index in [0.29, 0.717) is 5.41 Å². The molecule has 0 amide bonds. The van der Waals surface area contributed by atoms with E-state index in [4.69, 9.17) is 5.14 Å². The van der Waals surface area contributed by atoms with Crippen LogP contribution in [0.3, 0.4) is 0 Å². The van der Waals surface area contributed by atoms with Gasteiger partial charge in [-0.15, -0.1) is 0 Å². The third kappa shape index (κ3) is 1.67. The summed E-state index contributed by atoms with van der Waals surface area (Å²) < 4.78 is 0. The van der Waals surface area contributed by atoms with Crippen LogP contribution in [-0.4, -0.2) is 5.75 Å². The van der Waals surface area contributed by atoms with Gasteiger partial charge in [0.25, 0.3) is 0 Å². The summed E-state index contributed by atoms with van der Waals surface area (Å²) in [6.07, 6.45) is 6.99. The molecule has 1 saturated carbocycles. The lowest BCUT2D eigenvalue weighted by molar-refractivity contribution is 0.333. The first-order valence-corrected chi connectivity index (χ1v) is 5.19. The largest absolute Gasteiger partial charge is 0.278 e. The molecular weight excluding hydrogens is 142 g/mol. The molecule has 0 aromatic rings. The molecule has 0 aromatic heterocycles. The van der Waals surface area contributed by atoms with Gasteiger partial charge in [-0.3, -0.25) is 5.14 Å². The van der Waals surface area contributed by atoms with Gasteiger partial charge in [0.05, 0.1) is 0 Å². The van der Waals surface area contributed by atoms with Crippen LogP contribution in [0.1, 0.15) is 39.0 Å². The Bertz CT molecular complexity index is 97.4. The lowest BCUT2D eigenvalue weighted by Gasteiger charge is -2.25. The molecule has 0 heterocycles. The highest BCUT2D eigenvalue weighted by atomic mass is 32.2. The summed E-state index contributed by atoms with van der Waals surface area (Å²) in [5.41, 5.74) is 0.624. The predicted octanol–water partition coefficient (Wildman–Crippen LogP) is 2.56. The smallest absolute Gasteiger partial charge is 0.0133 e. The summed E-state index contributed by atoms with van der Waals surface area (Å²) in [6.45, 7) is 2.29. The second-order valence-corrected chi connectivity index (χ2v) is 3.99. The molecule has 0 radical (unpaired) electrons. The lowest BCUT2D eigenvalue weighted by Crippen LogP contribution is -2.19. The van der Waals surface area contributed by atoms with Crippen LogP contribution >= 0.6 is 11.9 Å². The maximum absolute atomic E-state index is 5.49. The van der Waals surface area contributed by atoms with Gasteiger partial charge in [-0.2, -0.15) is 0 Å². The molecule has 0 aliphatic heterocycles. The Hall–Kier alpha value is 0.310. The van der Waals surface area contributed by atoms with Crippen molar-refractivity contribution in [3.05, 3.63) is 0 Å². The van der Waals surface area contributed by atoms with Crippen LogP contribution < -0.4 is 5.14 Å². The van der Waals surface area contributed by atoms with Crippen LogP contribution in [0.4, 0.5) is 0 Å². The Balaban J connectivity index is 2.41. The molecule has 0 unspecified atom stereocenters. The molecule has 60 valence electrons. The van der Waals surface area contributed by atoms with Crippen molar-refractivity contribution in [1.82, 2.24) is 0 Å². The van der Waals surface area contributed by atoms with E-state index in [-0.39, 0.29) is 0 Å². The highest BCUT2D eigenvalue weighted by Gasteiger charge is 2.31. The average Bonchev–Trinajstić information content (AvgIpc) is 2.39. The zero-order valence-corrected chi connectivity index (χ0v) is 7.54. The minimum Gasteiger partial charge on any atom is -0.278 e. The third-order valence-corrected chi connectivity index (χ3v) is 3.58. The molecule has 10 heavy (non-hydrogen) atoms. The second-order valence-electron chi connectivity index (χ2n) is 3.37. The van der Waals surface area contributed by atoms with Gasteiger partial charge in [-0.05, 0) is 24.7 Å². The van der Waals surface area contributed by atoms with E-state index < -0.39 is 0 Å². The Morgan fingerprint density at radius 3 is 2.40 bits per heavy atom. The molecule has 0 bridgehead atoms. The van der Waals surface area contributed by atoms with Crippen LogP contribution in [0.25, 0.3) is 0 Å². The first kappa shape index (κ1) is 8.41. The van der Waals surface area contributed by atoms with E-state index in [1.165, 1.54) is 49.8 Å². The summed E-state index contributed by atoms with van der Waals surface area (Å²) in [5, 5.41) is 5.49. The van der Waals surface area contributed by atoms with Crippen molar-refractivity contribution in [1.29, 1.82) is 0 Å². The van der Waals surface area contributed by atoms with Gasteiger partial charge < -0.3 is 0 Å². The molecule has 2 heteroatoms. The van der Waals surface area contributed by atoms with Crippen LogP contribution in [-0.2, 0) is 0 Å². The number of hydrogen-bond acceptors (Lipinski definition) is 2. The first-order valence-electron chi connectivity index (χ1n) is 4.15. The fourth-order valence-electron chi connectivity index (χ4n) is 1.90. The average molecular weight is 159 g/mol. The van der Waals surface area contributed by atoms with E-state index >= 15 is 0 Å². The van der Waals surface area contributed by atoms with Crippen molar-refractivity contribution in [2.75, 3.05) is 5.75 Å². The summed E-state index contributed by atoms with van der Waals surface area (Å²) in [5.74, 6) is 1.17. The van der Waals surface area contributed by atoms with Crippen molar-refractivity contribution < 1.29 is 0 Å². The van der Waals surface area contributed by atoms with Crippen LogP contribution in [0.2, 0.25) is 0 Å². The zero-order chi connectivity index (χ0) is 7.45. The zero-order valence-electron chi connectivity index (χ0n) is 6.73. The Morgan fingerprint density at radius 2 is 2.00 bits per heavy atom. The second kappa shape index (κ2) is 3.63. The minimum absolute atomic E-state index is 0.624. The van der Waals surface area contributed by atoms with E-state index in [0.717, 1.165) is 0 Å². The summed E-state index contributed by atoms with van der Waals surface area (Å²) in [7, 11) is 0. The first-order chi connectivity index (χ1) is 4.83. The summed E-state index contributed by atoms with van der Waals surface area (Å²) >= 11 is 1.52. The fraction of sp³-hybridized carbons (Fsp3) is 1.00. The molecule has 0 spiro atoms. The molecule has 1 aliphatic rings. The van der Waals surface area contributed by atoms with Crippen molar-refractivity contribution >= 4 is 11.9 Å². The van der Waals surface area contributed by atoms with E-state index in [9.17, 15) is 0 Å². The third-order valence-electron chi connectivity index (χ3n) is 2.80. The van der Waals surface area contributed by atoms with Gasteiger partial charge in [0.1, 0.15) is 0 Å². The normalized spacial score (nSPS) is 23.4. The molecule has 1 aliphatic carbocycles. The summed E-state index contributed by atoms with van der Waals surface area (Å²) in [4.78, 5) is 0. The fourth-order valence-corrected chi connectivity index (χ4v) is 2.75. The van der Waals surface area contributed by atoms with E-state index in [1.54, 1.807) is 0 Å². The number of hydrogen-bond donors (Lipinski definition) is 1. The standard InChI is InChI=1S/C8H17NS/c1-2-8(7-10-9)5-3-4-6-8/h2-7,9H2,1H3. The van der Waals surface area contributed by atoms with Crippen molar-refractivity contribution in [3.8, 4) is 0 Å². The topological polar surface area (TPSA) is 26.0 Å². The monoisotopic (exact) mass is 159 g/mol. The van der Waals surface area contributed by atoms with Gasteiger partial charge in [-0.1, -0.05) is 31.7 Å². The molecule has 0 saturated heterocycles. The van der Waals surface area contributed by atoms with Crippen molar-refractivity contribution in [2.45, 2.75) is 39.0 Å². The number of nitrogens with two attached hydrogens (primary N) is 1. The maximum Gasteiger partial charge on any atom is 0.0133 e. The molecule has 0 atom stereocenters. The lowest BCUT2D eigenvalue weighted by atomic mass is 9.86. The van der Waals surface area contributed by atoms with Gasteiger partial charge in [0.15, 0.2) is 0 Å². The predicted molar refractivity (Wildman–Crippen MR) is 47.8 cm³/mol. The van der Waals surface area contributed by atoms with Gasteiger partial charge in [0, 0.05) is 5.75 Å². The maximum atomic E-state index is 5.49. The van der Waals surface area contributed by atoms with Crippen molar-refractivity contribution in [2.24, 2.45) is 10.6 Å². The Morgan fingerprint density at radius 1 is 1.40 bits per heavy atom.